The van der Waals surface area contributed by atoms with E-state index >= 15 is 0 Å². The van der Waals surface area contributed by atoms with Gasteiger partial charge in [0.05, 0.1) is 11.1 Å². The van der Waals surface area contributed by atoms with Crippen LogP contribution in [0.5, 0.6) is 0 Å². The number of fused-ring (bicyclic) bond motifs is 1. The van der Waals surface area contributed by atoms with Gasteiger partial charge < -0.3 is 4.90 Å². The van der Waals surface area contributed by atoms with Crippen LogP contribution in [0, 0.1) is 0 Å². The predicted molar refractivity (Wildman–Crippen MR) is 122 cm³/mol. The van der Waals surface area contributed by atoms with Gasteiger partial charge in [-0.3, -0.25) is 34.3 Å². The summed E-state index contributed by atoms with van der Waals surface area (Å²) in [5, 5.41) is 2.94. The lowest BCUT2D eigenvalue weighted by atomic mass is 10.0. The monoisotopic (exact) mass is 466 g/mol. The normalized spacial score (nSPS) is 21.4. The lowest BCUT2D eigenvalue weighted by Gasteiger charge is -2.36. The zero-order chi connectivity index (χ0) is 23.1. The summed E-state index contributed by atoms with van der Waals surface area (Å²) in [5.41, 5.74) is 2.72. The average Bonchev–Trinajstić information content (AvgIpc) is 3.05. The van der Waals surface area contributed by atoms with Crippen molar-refractivity contribution in [2.75, 3.05) is 31.1 Å². The Hall–Kier alpha value is -3.23. The molecule has 1 unspecified atom stereocenters. The summed E-state index contributed by atoms with van der Waals surface area (Å²) in [6.07, 6.45) is 0.262. The number of piperidine rings is 1. The molecule has 3 heterocycles. The maximum atomic E-state index is 13.0. The Bertz CT molecular complexity index is 1140. The molecule has 2 fully saturated rings. The van der Waals surface area contributed by atoms with Crippen LogP contribution < -0.4 is 10.2 Å². The van der Waals surface area contributed by atoms with E-state index in [1.165, 1.54) is 0 Å². The van der Waals surface area contributed by atoms with Crippen molar-refractivity contribution in [1.29, 1.82) is 0 Å². The van der Waals surface area contributed by atoms with E-state index in [1.807, 2.05) is 30.3 Å². The van der Waals surface area contributed by atoms with E-state index in [4.69, 9.17) is 11.6 Å². The number of hydrogen-bond donors (Lipinski definition) is 1. The maximum Gasteiger partial charge on any atom is 0.262 e. The van der Waals surface area contributed by atoms with Gasteiger partial charge >= 0.3 is 0 Å². The molecule has 2 aromatic rings. The van der Waals surface area contributed by atoms with Crippen LogP contribution in [-0.2, 0) is 16.1 Å². The molecule has 5 rings (SSSR count). The van der Waals surface area contributed by atoms with Crippen molar-refractivity contribution in [3.63, 3.8) is 0 Å². The third kappa shape index (κ3) is 4.12. The number of piperazine rings is 1. The molecule has 0 aromatic heterocycles. The number of benzene rings is 2. The molecule has 1 atom stereocenters. The molecule has 4 amide bonds. The number of halogens is 1. The van der Waals surface area contributed by atoms with Gasteiger partial charge in [-0.25, -0.2) is 0 Å². The van der Waals surface area contributed by atoms with Crippen LogP contribution in [0.25, 0.3) is 0 Å². The van der Waals surface area contributed by atoms with Gasteiger partial charge in [0.25, 0.3) is 11.8 Å². The van der Waals surface area contributed by atoms with E-state index < -0.39 is 23.8 Å². The summed E-state index contributed by atoms with van der Waals surface area (Å²) in [6, 6.07) is 12.2. The smallest absolute Gasteiger partial charge is 0.262 e. The van der Waals surface area contributed by atoms with Gasteiger partial charge in [-0.15, -0.1) is 0 Å². The summed E-state index contributed by atoms with van der Waals surface area (Å²) < 4.78 is 0. The van der Waals surface area contributed by atoms with Crippen molar-refractivity contribution in [3.8, 4) is 0 Å². The average molecular weight is 467 g/mol. The number of anilines is 1. The van der Waals surface area contributed by atoms with Gasteiger partial charge in [0.1, 0.15) is 6.04 Å². The first-order valence-electron chi connectivity index (χ1n) is 11.0. The standard InChI is InChI=1S/C24H23ClN4O4/c25-16-2-4-17(5-3-16)28-11-9-27(10-12-28)14-15-1-6-18-19(13-15)24(33)29(23(18)32)20-7-8-21(30)26-22(20)31/h1-6,13,20H,7-12,14H2,(H,26,30,31). The molecule has 0 spiro atoms. The highest BCUT2D eigenvalue weighted by Gasteiger charge is 2.44. The Kier molecular flexibility index (Phi) is 5.64. The fraction of sp³-hybridized carbons (Fsp3) is 0.333. The Morgan fingerprint density at radius 2 is 1.58 bits per heavy atom. The minimum atomic E-state index is -0.945. The summed E-state index contributed by atoms with van der Waals surface area (Å²) in [5.74, 6) is -1.93. The van der Waals surface area contributed by atoms with Crippen LogP contribution in [0.2, 0.25) is 5.02 Å². The lowest BCUT2D eigenvalue weighted by molar-refractivity contribution is -0.136. The van der Waals surface area contributed by atoms with Crippen molar-refractivity contribution in [3.05, 3.63) is 64.2 Å². The Labute approximate surface area is 196 Å². The largest absolute Gasteiger partial charge is 0.369 e. The summed E-state index contributed by atoms with van der Waals surface area (Å²) in [7, 11) is 0. The second kappa shape index (κ2) is 8.61. The number of rotatable bonds is 4. The van der Waals surface area contributed by atoms with Crippen LogP contribution >= 0.6 is 11.6 Å². The van der Waals surface area contributed by atoms with Crippen LogP contribution in [0.3, 0.4) is 0 Å². The number of nitrogens with zero attached hydrogens (tertiary/aromatic N) is 3. The van der Waals surface area contributed by atoms with Gasteiger partial charge in [-0.1, -0.05) is 17.7 Å². The molecule has 0 radical (unpaired) electrons. The Morgan fingerprint density at radius 1 is 0.879 bits per heavy atom. The van der Waals surface area contributed by atoms with Gasteiger partial charge in [0, 0.05) is 49.9 Å². The first-order chi connectivity index (χ1) is 15.9. The zero-order valence-corrected chi connectivity index (χ0v) is 18.7. The molecule has 33 heavy (non-hydrogen) atoms. The van der Waals surface area contributed by atoms with Gasteiger partial charge in [-0.2, -0.15) is 0 Å². The van der Waals surface area contributed by atoms with E-state index in [-0.39, 0.29) is 18.7 Å². The fourth-order valence-corrected chi connectivity index (χ4v) is 4.82. The van der Waals surface area contributed by atoms with E-state index in [2.05, 4.69) is 15.1 Å². The van der Waals surface area contributed by atoms with Crippen molar-refractivity contribution in [1.82, 2.24) is 15.1 Å². The van der Waals surface area contributed by atoms with Crippen LogP contribution in [0.1, 0.15) is 39.1 Å². The van der Waals surface area contributed by atoms with Crippen molar-refractivity contribution in [2.45, 2.75) is 25.4 Å². The number of amides is 4. The summed E-state index contributed by atoms with van der Waals surface area (Å²) >= 11 is 5.98. The second-order valence-corrected chi connectivity index (χ2v) is 9.00. The molecule has 2 aromatic carbocycles. The number of hydrogen-bond acceptors (Lipinski definition) is 6. The number of carbonyl (C=O) groups is 4. The molecule has 9 heteroatoms. The quantitative estimate of drug-likeness (QED) is 0.694. The molecule has 0 aliphatic carbocycles. The highest BCUT2D eigenvalue weighted by molar-refractivity contribution is 6.30. The van der Waals surface area contributed by atoms with Crippen LogP contribution in [-0.4, -0.2) is 65.6 Å². The van der Waals surface area contributed by atoms with Gasteiger partial charge in [0.2, 0.25) is 11.8 Å². The number of nitrogens with one attached hydrogen (secondary N) is 1. The Morgan fingerprint density at radius 3 is 2.27 bits per heavy atom. The Balaban J connectivity index is 1.25. The lowest BCUT2D eigenvalue weighted by Crippen LogP contribution is -2.54. The molecule has 2 saturated heterocycles. The van der Waals surface area contributed by atoms with E-state index in [9.17, 15) is 19.2 Å². The van der Waals surface area contributed by atoms with Crippen molar-refractivity contribution in [2.24, 2.45) is 0 Å². The first kappa shape index (κ1) is 21.6. The molecular formula is C24H23ClN4O4. The minimum Gasteiger partial charge on any atom is -0.369 e. The predicted octanol–water partition coefficient (Wildman–Crippen LogP) is 2.06. The molecule has 3 aliphatic heterocycles. The van der Waals surface area contributed by atoms with E-state index in [0.717, 1.165) is 47.4 Å². The zero-order valence-electron chi connectivity index (χ0n) is 17.9. The van der Waals surface area contributed by atoms with Crippen molar-refractivity contribution >= 4 is 40.9 Å². The highest BCUT2D eigenvalue weighted by atomic mass is 35.5. The topological polar surface area (TPSA) is 90.0 Å². The van der Waals surface area contributed by atoms with Gasteiger partial charge in [-0.05, 0) is 48.4 Å². The summed E-state index contributed by atoms with van der Waals surface area (Å²) in [6.45, 7) is 4.17. The number of imide groups is 2. The van der Waals surface area contributed by atoms with Gasteiger partial charge in [0.15, 0.2) is 0 Å². The molecule has 0 bridgehead atoms. The molecule has 3 aliphatic rings. The highest BCUT2D eigenvalue weighted by Crippen LogP contribution is 2.29. The third-order valence-electron chi connectivity index (χ3n) is 6.47. The fourth-order valence-electron chi connectivity index (χ4n) is 4.69. The maximum absolute atomic E-state index is 13.0. The second-order valence-electron chi connectivity index (χ2n) is 8.57. The minimum absolute atomic E-state index is 0.108. The number of carbonyl (C=O) groups excluding carboxylic acids is 4. The third-order valence-corrected chi connectivity index (χ3v) is 6.73. The van der Waals surface area contributed by atoms with E-state index in [0.29, 0.717) is 17.7 Å². The first-order valence-corrected chi connectivity index (χ1v) is 11.4. The molecule has 8 nitrogen and oxygen atoms in total. The molecule has 0 saturated carbocycles. The van der Waals surface area contributed by atoms with Crippen molar-refractivity contribution < 1.29 is 19.2 Å². The van der Waals surface area contributed by atoms with Crippen LogP contribution in [0.4, 0.5) is 5.69 Å². The molecule has 170 valence electrons. The summed E-state index contributed by atoms with van der Waals surface area (Å²) in [4.78, 5) is 55.1. The SMILES string of the molecule is O=C1CCC(N2C(=O)c3ccc(CN4CCN(c5ccc(Cl)cc5)CC4)cc3C2=O)C(=O)N1. The van der Waals surface area contributed by atoms with Crippen LogP contribution in [0.15, 0.2) is 42.5 Å². The van der Waals surface area contributed by atoms with E-state index in [1.54, 1.807) is 12.1 Å². The molecule has 1 N–H and O–H groups in total. The molecular weight excluding hydrogens is 444 g/mol.